The van der Waals surface area contributed by atoms with E-state index >= 15 is 0 Å². The van der Waals surface area contributed by atoms with E-state index < -0.39 is 12.0 Å². The van der Waals surface area contributed by atoms with Crippen LogP contribution in [0.5, 0.6) is 0 Å². The van der Waals surface area contributed by atoms with Crippen molar-refractivity contribution in [1.82, 2.24) is 10.2 Å². The second-order valence-corrected chi connectivity index (χ2v) is 7.17. The number of nitrogens with one attached hydrogen (secondary N) is 2. The van der Waals surface area contributed by atoms with Crippen LogP contribution in [-0.4, -0.2) is 36.0 Å². The normalized spacial score (nSPS) is 16.9. The summed E-state index contributed by atoms with van der Waals surface area (Å²) >= 11 is 0. The van der Waals surface area contributed by atoms with Gasteiger partial charge >= 0.3 is 12.0 Å². The third-order valence-corrected chi connectivity index (χ3v) is 4.60. The van der Waals surface area contributed by atoms with Gasteiger partial charge in [0.05, 0.1) is 17.7 Å². The van der Waals surface area contributed by atoms with E-state index in [1.807, 2.05) is 6.92 Å². The number of rotatable bonds is 7. The first-order chi connectivity index (χ1) is 13.2. The highest BCUT2D eigenvalue weighted by Gasteiger charge is 2.35. The minimum atomic E-state index is -0.611. The molecule has 1 aromatic carbocycles. The van der Waals surface area contributed by atoms with Gasteiger partial charge in [0, 0.05) is 24.9 Å². The maximum atomic E-state index is 12.7. The van der Waals surface area contributed by atoms with Gasteiger partial charge in [0.25, 0.3) is 0 Å². The number of ether oxygens (including phenoxy) is 1. The highest BCUT2D eigenvalue weighted by atomic mass is 16.5. The van der Waals surface area contributed by atoms with Gasteiger partial charge in [0.1, 0.15) is 0 Å². The van der Waals surface area contributed by atoms with E-state index in [2.05, 4.69) is 10.6 Å². The molecule has 0 radical (unpaired) electrons. The molecule has 2 N–H and O–H groups in total. The lowest BCUT2D eigenvalue weighted by Gasteiger charge is -2.33. The van der Waals surface area contributed by atoms with Crippen molar-refractivity contribution in [3.05, 3.63) is 41.1 Å². The molecule has 1 aliphatic rings. The molecule has 0 saturated heterocycles. The maximum absolute atomic E-state index is 12.7. The van der Waals surface area contributed by atoms with Crippen molar-refractivity contribution in [1.29, 1.82) is 0 Å². The Bertz CT molecular complexity index is 768. The minimum Gasteiger partial charge on any atom is -0.459 e. The third kappa shape index (κ3) is 5.12. The summed E-state index contributed by atoms with van der Waals surface area (Å²) in [5.41, 5.74) is 2.37. The Balaban J connectivity index is 2.26. The third-order valence-electron chi connectivity index (χ3n) is 4.60. The van der Waals surface area contributed by atoms with Gasteiger partial charge in [-0.25, -0.2) is 9.59 Å². The molecular formula is C21H29N3O4. The molecule has 0 aromatic heterocycles. The number of esters is 1. The van der Waals surface area contributed by atoms with E-state index in [1.165, 1.54) is 4.90 Å². The predicted molar refractivity (Wildman–Crippen MR) is 108 cm³/mol. The molecular weight excluding hydrogens is 358 g/mol. The monoisotopic (exact) mass is 387 g/mol. The second-order valence-electron chi connectivity index (χ2n) is 7.17. The molecule has 7 heteroatoms. The SMILES string of the molecule is CCCCC(=O)Nc1ccc([C@H]2NC(=O)N(C)C(C)=C2C(=O)OC(C)C)cc1. The lowest BCUT2D eigenvalue weighted by Crippen LogP contribution is -2.46. The first-order valence-corrected chi connectivity index (χ1v) is 9.60. The summed E-state index contributed by atoms with van der Waals surface area (Å²) in [4.78, 5) is 38.2. The van der Waals surface area contributed by atoms with E-state index in [9.17, 15) is 14.4 Å². The fraction of sp³-hybridized carbons (Fsp3) is 0.476. The van der Waals surface area contributed by atoms with E-state index in [1.54, 1.807) is 52.1 Å². The molecule has 0 saturated carbocycles. The number of unbranched alkanes of at least 4 members (excludes halogenated alkanes) is 1. The van der Waals surface area contributed by atoms with Gasteiger partial charge in [-0.05, 0) is 44.9 Å². The van der Waals surface area contributed by atoms with Gasteiger partial charge in [-0.3, -0.25) is 4.79 Å². The predicted octanol–water partition coefficient (Wildman–Crippen LogP) is 3.74. The van der Waals surface area contributed by atoms with Crippen LogP contribution in [0, 0.1) is 0 Å². The van der Waals surface area contributed by atoms with E-state index in [4.69, 9.17) is 4.74 Å². The van der Waals surface area contributed by atoms with Crippen molar-refractivity contribution in [3.8, 4) is 0 Å². The quantitative estimate of drug-likeness (QED) is 0.698. The molecule has 0 bridgehead atoms. The summed E-state index contributed by atoms with van der Waals surface area (Å²) in [6, 6.07) is 6.22. The topological polar surface area (TPSA) is 87.7 Å². The minimum absolute atomic E-state index is 0.0286. The van der Waals surface area contributed by atoms with E-state index in [0.29, 0.717) is 23.4 Å². The van der Waals surface area contributed by atoms with Crippen molar-refractivity contribution < 1.29 is 19.1 Å². The van der Waals surface area contributed by atoms with Crippen LogP contribution in [0.4, 0.5) is 10.5 Å². The molecule has 0 fully saturated rings. The first kappa shape index (κ1) is 21.5. The lowest BCUT2D eigenvalue weighted by molar-refractivity contribution is -0.143. The lowest BCUT2D eigenvalue weighted by atomic mass is 9.95. The maximum Gasteiger partial charge on any atom is 0.338 e. The Labute approximate surface area is 166 Å². The van der Waals surface area contributed by atoms with Crippen molar-refractivity contribution in [2.45, 2.75) is 59.1 Å². The van der Waals surface area contributed by atoms with Crippen LogP contribution in [-0.2, 0) is 14.3 Å². The van der Waals surface area contributed by atoms with Gasteiger partial charge in [0.15, 0.2) is 0 Å². The molecule has 0 spiro atoms. The number of anilines is 1. The molecule has 152 valence electrons. The van der Waals surface area contributed by atoms with Crippen LogP contribution in [0.2, 0.25) is 0 Å². The zero-order valence-corrected chi connectivity index (χ0v) is 17.2. The summed E-state index contributed by atoms with van der Waals surface area (Å²) in [5, 5.41) is 5.70. The molecule has 0 aliphatic carbocycles. The molecule has 7 nitrogen and oxygen atoms in total. The van der Waals surface area contributed by atoms with E-state index in [0.717, 1.165) is 18.4 Å². The molecule has 28 heavy (non-hydrogen) atoms. The number of amides is 3. The van der Waals surface area contributed by atoms with Crippen molar-refractivity contribution >= 4 is 23.6 Å². The van der Waals surface area contributed by atoms with Crippen LogP contribution in [0.1, 0.15) is 58.6 Å². The summed E-state index contributed by atoms with van der Waals surface area (Å²) in [5.74, 6) is -0.486. The number of hydrogen-bond donors (Lipinski definition) is 2. The summed E-state index contributed by atoms with van der Waals surface area (Å²) in [6.45, 7) is 7.33. The van der Waals surface area contributed by atoms with Gasteiger partial charge < -0.3 is 20.3 Å². The van der Waals surface area contributed by atoms with Crippen LogP contribution < -0.4 is 10.6 Å². The van der Waals surface area contributed by atoms with Crippen LogP contribution in [0.15, 0.2) is 35.5 Å². The van der Waals surface area contributed by atoms with E-state index in [-0.39, 0.29) is 18.0 Å². The first-order valence-electron chi connectivity index (χ1n) is 9.60. The molecule has 1 atom stereocenters. The molecule has 2 rings (SSSR count). The van der Waals surface area contributed by atoms with Crippen molar-refractivity contribution in [2.75, 3.05) is 12.4 Å². The zero-order valence-electron chi connectivity index (χ0n) is 17.2. The van der Waals surface area contributed by atoms with Gasteiger partial charge in [-0.15, -0.1) is 0 Å². The number of urea groups is 1. The highest BCUT2D eigenvalue weighted by Crippen LogP contribution is 2.31. The van der Waals surface area contributed by atoms with Crippen molar-refractivity contribution in [2.24, 2.45) is 0 Å². The smallest absolute Gasteiger partial charge is 0.338 e. The average Bonchev–Trinajstić information content (AvgIpc) is 2.64. The fourth-order valence-corrected chi connectivity index (χ4v) is 2.95. The Kier molecular flexibility index (Phi) is 7.20. The molecule has 1 heterocycles. The summed E-state index contributed by atoms with van der Waals surface area (Å²) in [7, 11) is 1.61. The largest absolute Gasteiger partial charge is 0.459 e. The zero-order chi connectivity index (χ0) is 20.8. The number of carbonyl (C=O) groups is 3. The van der Waals surface area contributed by atoms with Gasteiger partial charge in [-0.2, -0.15) is 0 Å². The highest BCUT2D eigenvalue weighted by molar-refractivity contribution is 5.95. The van der Waals surface area contributed by atoms with Crippen LogP contribution in [0.3, 0.4) is 0 Å². The number of allylic oxidation sites excluding steroid dienone is 1. The van der Waals surface area contributed by atoms with Gasteiger partial charge in [-0.1, -0.05) is 25.5 Å². The summed E-state index contributed by atoms with van der Waals surface area (Å²) in [6.07, 6.45) is 2.02. The number of benzene rings is 1. The Morgan fingerprint density at radius 1 is 1.25 bits per heavy atom. The Morgan fingerprint density at radius 3 is 2.46 bits per heavy atom. The standard InChI is InChI=1S/C21H29N3O4/c1-6-7-8-17(25)22-16-11-9-15(10-12-16)19-18(20(26)28-13(2)3)14(4)24(5)21(27)23-19/h9-13,19H,6-8H2,1-5H3,(H,22,25)(H,23,27)/t19-/m1/s1. The average molecular weight is 387 g/mol. The van der Waals surface area contributed by atoms with Crippen molar-refractivity contribution in [3.63, 3.8) is 0 Å². The Hall–Kier alpha value is -2.83. The number of nitrogens with zero attached hydrogens (tertiary/aromatic N) is 1. The fourth-order valence-electron chi connectivity index (χ4n) is 2.95. The summed E-state index contributed by atoms with van der Waals surface area (Å²) < 4.78 is 5.38. The molecule has 1 aliphatic heterocycles. The van der Waals surface area contributed by atoms with Crippen LogP contribution in [0.25, 0.3) is 0 Å². The number of carbonyl (C=O) groups excluding carboxylic acids is 3. The molecule has 0 unspecified atom stereocenters. The van der Waals surface area contributed by atoms with Gasteiger partial charge in [0.2, 0.25) is 5.91 Å². The Morgan fingerprint density at radius 2 is 1.89 bits per heavy atom. The number of hydrogen-bond acceptors (Lipinski definition) is 4. The van der Waals surface area contributed by atoms with Crippen LogP contribution >= 0.6 is 0 Å². The molecule has 3 amide bonds. The molecule has 1 aromatic rings. The second kappa shape index (κ2) is 9.39.